The normalized spacial score (nSPS) is 19.7. The van der Waals surface area contributed by atoms with E-state index in [0.717, 1.165) is 34.6 Å². The predicted octanol–water partition coefficient (Wildman–Crippen LogP) is 4.70. The first kappa shape index (κ1) is 22.8. The van der Waals surface area contributed by atoms with Crippen LogP contribution in [0.3, 0.4) is 0 Å². The lowest BCUT2D eigenvalue weighted by molar-refractivity contribution is -0.118. The maximum atomic E-state index is 13.5. The lowest BCUT2D eigenvalue weighted by Gasteiger charge is -2.39. The topological polar surface area (TPSA) is 74.3 Å². The number of anilines is 2. The second-order valence-electron chi connectivity index (χ2n) is 10.1. The molecule has 0 radical (unpaired) electrons. The van der Waals surface area contributed by atoms with E-state index in [0.29, 0.717) is 23.4 Å². The van der Waals surface area contributed by atoms with Gasteiger partial charge in [0.15, 0.2) is 5.78 Å². The maximum absolute atomic E-state index is 13.5. The second-order valence-corrected chi connectivity index (χ2v) is 10.1. The molecule has 33 heavy (non-hydrogen) atoms. The van der Waals surface area contributed by atoms with Crippen LogP contribution in [-0.2, 0) is 9.59 Å². The van der Waals surface area contributed by atoms with Crippen LogP contribution in [-0.4, -0.2) is 30.8 Å². The highest BCUT2D eigenvalue weighted by molar-refractivity contribution is 6.09. The fourth-order valence-corrected chi connectivity index (χ4v) is 4.76. The average Bonchev–Trinajstić information content (AvgIpc) is 2.73. The van der Waals surface area contributed by atoms with Crippen LogP contribution in [0.4, 0.5) is 11.5 Å². The number of nitrogens with zero attached hydrogens (tertiary/aromatic N) is 2. The smallest absolute Gasteiger partial charge is 0.255 e. The molecule has 6 nitrogen and oxygen atoms in total. The Kier molecular flexibility index (Phi) is 5.87. The predicted molar refractivity (Wildman–Crippen MR) is 132 cm³/mol. The molecule has 1 aromatic heterocycles. The Morgan fingerprint density at radius 3 is 2.39 bits per heavy atom. The summed E-state index contributed by atoms with van der Waals surface area (Å²) in [5, 5.41) is 6.34. The Morgan fingerprint density at radius 1 is 1.09 bits per heavy atom. The van der Waals surface area contributed by atoms with Gasteiger partial charge in [-0.1, -0.05) is 32.0 Å². The SMILES string of the molecule is CC1=C(C(=O)Nc2ccc(C)cn2)C(c2ccc(N(C)C)cc2)C2=C(CC(C)(C)CC2=O)N1. The molecule has 4 rings (SSSR count). The largest absolute Gasteiger partial charge is 0.378 e. The first-order valence-electron chi connectivity index (χ1n) is 11.3. The van der Waals surface area contributed by atoms with Crippen LogP contribution < -0.4 is 15.5 Å². The highest BCUT2D eigenvalue weighted by atomic mass is 16.2. The minimum absolute atomic E-state index is 0.0988. The zero-order chi connectivity index (χ0) is 23.9. The minimum atomic E-state index is -0.425. The van der Waals surface area contributed by atoms with Crippen molar-refractivity contribution in [2.45, 2.75) is 46.5 Å². The zero-order valence-electron chi connectivity index (χ0n) is 20.2. The van der Waals surface area contributed by atoms with Crippen LogP contribution in [0.25, 0.3) is 0 Å². The van der Waals surface area contributed by atoms with E-state index in [9.17, 15) is 9.59 Å². The van der Waals surface area contributed by atoms with Gasteiger partial charge in [0.05, 0.1) is 0 Å². The van der Waals surface area contributed by atoms with Crippen molar-refractivity contribution in [3.63, 3.8) is 0 Å². The first-order chi connectivity index (χ1) is 15.6. The number of hydrogen-bond donors (Lipinski definition) is 2. The van der Waals surface area contributed by atoms with Gasteiger partial charge in [-0.05, 0) is 55.0 Å². The number of benzene rings is 1. The number of carbonyl (C=O) groups excluding carboxylic acids is 2. The van der Waals surface area contributed by atoms with Crippen LogP contribution in [0, 0.1) is 12.3 Å². The molecular formula is C27H32N4O2. The third-order valence-electron chi connectivity index (χ3n) is 6.38. The van der Waals surface area contributed by atoms with E-state index in [1.54, 1.807) is 12.3 Å². The van der Waals surface area contributed by atoms with Gasteiger partial charge in [0.25, 0.3) is 5.91 Å². The number of dihydropyridines is 1. The molecule has 0 bridgehead atoms. The van der Waals surface area contributed by atoms with Gasteiger partial charge in [-0.15, -0.1) is 0 Å². The number of rotatable bonds is 4. The summed E-state index contributed by atoms with van der Waals surface area (Å²) in [5.41, 5.74) is 5.87. The number of pyridine rings is 1. The third-order valence-corrected chi connectivity index (χ3v) is 6.38. The molecular weight excluding hydrogens is 412 g/mol. The number of nitrogens with one attached hydrogen (secondary N) is 2. The van der Waals surface area contributed by atoms with Crippen molar-refractivity contribution in [2.24, 2.45) is 5.41 Å². The lowest BCUT2D eigenvalue weighted by atomic mass is 9.68. The summed E-state index contributed by atoms with van der Waals surface area (Å²) in [6, 6.07) is 11.8. The number of hydrogen-bond acceptors (Lipinski definition) is 5. The summed E-state index contributed by atoms with van der Waals surface area (Å²) in [6.45, 7) is 8.09. The molecule has 172 valence electrons. The maximum Gasteiger partial charge on any atom is 0.255 e. The number of carbonyl (C=O) groups is 2. The van der Waals surface area contributed by atoms with E-state index in [4.69, 9.17) is 0 Å². The van der Waals surface area contributed by atoms with E-state index in [1.807, 2.05) is 63.2 Å². The molecule has 1 aliphatic carbocycles. The molecule has 0 fully saturated rings. The van der Waals surface area contributed by atoms with E-state index in [-0.39, 0.29) is 17.1 Å². The quantitative estimate of drug-likeness (QED) is 0.715. The number of amides is 1. The Morgan fingerprint density at radius 2 is 1.79 bits per heavy atom. The van der Waals surface area contributed by atoms with Crippen LogP contribution >= 0.6 is 0 Å². The molecule has 1 unspecified atom stereocenters. The van der Waals surface area contributed by atoms with Crippen molar-refractivity contribution < 1.29 is 9.59 Å². The van der Waals surface area contributed by atoms with E-state index in [2.05, 4.69) is 29.5 Å². The number of aromatic nitrogens is 1. The lowest BCUT2D eigenvalue weighted by Crippen LogP contribution is -2.39. The van der Waals surface area contributed by atoms with Gasteiger partial charge in [-0.25, -0.2) is 4.98 Å². The average molecular weight is 445 g/mol. The van der Waals surface area contributed by atoms with Gasteiger partial charge in [0.2, 0.25) is 0 Å². The number of ketones is 1. The summed E-state index contributed by atoms with van der Waals surface area (Å²) in [5.74, 6) is -0.0843. The van der Waals surface area contributed by atoms with Crippen molar-refractivity contribution in [1.82, 2.24) is 10.3 Å². The molecule has 1 aromatic carbocycles. The van der Waals surface area contributed by atoms with Gasteiger partial charge in [-0.3, -0.25) is 9.59 Å². The summed E-state index contributed by atoms with van der Waals surface area (Å²) >= 11 is 0. The summed E-state index contributed by atoms with van der Waals surface area (Å²) < 4.78 is 0. The van der Waals surface area contributed by atoms with Gasteiger partial charge in [0, 0.05) is 60.9 Å². The zero-order valence-corrected chi connectivity index (χ0v) is 20.2. The number of aryl methyl sites for hydroxylation is 1. The molecule has 1 amide bonds. The summed E-state index contributed by atoms with van der Waals surface area (Å²) in [4.78, 5) is 33.3. The number of Topliss-reactive ketones (excluding diaryl/α,β-unsaturated/α-hetero) is 1. The second kappa shape index (κ2) is 8.50. The Bertz CT molecular complexity index is 1160. The Hall–Kier alpha value is -3.41. The molecule has 2 heterocycles. The molecule has 0 saturated heterocycles. The Labute approximate surface area is 195 Å². The summed E-state index contributed by atoms with van der Waals surface area (Å²) in [6.07, 6.45) is 2.96. The molecule has 1 aliphatic heterocycles. The highest BCUT2D eigenvalue weighted by Gasteiger charge is 2.42. The first-order valence-corrected chi connectivity index (χ1v) is 11.3. The van der Waals surface area contributed by atoms with Gasteiger partial charge in [-0.2, -0.15) is 0 Å². The molecule has 1 atom stereocenters. The van der Waals surface area contributed by atoms with Crippen molar-refractivity contribution in [3.8, 4) is 0 Å². The van der Waals surface area contributed by atoms with Crippen molar-refractivity contribution >= 4 is 23.2 Å². The monoisotopic (exact) mass is 444 g/mol. The van der Waals surface area contributed by atoms with E-state index in [1.165, 1.54) is 0 Å². The molecule has 2 aromatic rings. The van der Waals surface area contributed by atoms with Gasteiger partial charge >= 0.3 is 0 Å². The fraction of sp³-hybridized carbons (Fsp3) is 0.370. The number of allylic oxidation sites excluding steroid dienone is 3. The van der Waals surface area contributed by atoms with Crippen molar-refractivity contribution in [2.75, 3.05) is 24.3 Å². The third kappa shape index (κ3) is 4.56. The van der Waals surface area contributed by atoms with Crippen LogP contribution in [0.1, 0.15) is 50.7 Å². The molecule has 0 spiro atoms. The molecule has 0 saturated carbocycles. The van der Waals surface area contributed by atoms with E-state index < -0.39 is 5.92 Å². The van der Waals surface area contributed by atoms with Crippen LogP contribution in [0.15, 0.2) is 65.1 Å². The highest BCUT2D eigenvalue weighted by Crippen LogP contribution is 2.46. The Balaban J connectivity index is 1.79. The van der Waals surface area contributed by atoms with Gasteiger partial charge < -0.3 is 15.5 Å². The molecule has 6 heteroatoms. The van der Waals surface area contributed by atoms with Crippen LogP contribution in [0.2, 0.25) is 0 Å². The van der Waals surface area contributed by atoms with Crippen molar-refractivity contribution in [3.05, 3.63) is 76.3 Å². The van der Waals surface area contributed by atoms with E-state index >= 15 is 0 Å². The molecule has 2 aliphatic rings. The standard InChI is InChI=1S/C27H32N4O2/c1-16-7-12-22(28-15-16)30-26(33)23-17(2)29-20-13-27(3,4)14-21(32)25(20)24(23)18-8-10-19(11-9-18)31(5)6/h7-12,15,24,29H,13-14H2,1-6H3,(H,28,30,33). The van der Waals surface area contributed by atoms with Gasteiger partial charge in [0.1, 0.15) is 5.82 Å². The summed E-state index contributed by atoms with van der Waals surface area (Å²) in [7, 11) is 3.98. The van der Waals surface area contributed by atoms with Crippen molar-refractivity contribution in [1.29, 1.82) is 0 Å². The minimum Gasteiger partial charge on any atom is -0.378 e. The fourth-order valence-electron chi connectivity index (χ4n) is 4.76. The molecule has 2 N–H and O–H groups in total. The van der Waals surface area contributed by atoms with Crippen LogP contribution in [0.5, 0.6) is 0 Å².